The number of piperazine rings is 1. The largest absolute Gasteiger partial charge is 0.308 e. The van der Waals surface area contributed by atoms with E-state index in [1.165, 1.54) is 19.3 Å². The van der Waals surface area contributed by atoms with Crippen LogP contribution in [0, 0.1) is 0 Å². The number of nitrogens with one attached hydrogen (secondary N) is 1. The fourth-order valence-corrected chi connectivity index (χ4v) is 2.71. The highest BCUT2D eigenvalue weighted by Crippen LogP contribution is 2.30. The Kier molecular flexibility index (Phi) is 5.49. The van der Waals surface area contributed by atoms with Gasteiger partial charge in [0.05, 0.1) is 0 Å². The van der Waals surface area contributed by atoms with Gasteiger partial charge in [-0.3, -0.25) is 4.90 Å². The van der Waals surface area contributed by atoms with Gasteiger partial charge in [0.15, 0.2) is 0 Å². The van der Waals surface area contributed by atoms with Crippen molar-refractivity contribution in [3.63, 3.8) is 0 Å². The smallest absolute Gasteiger partial charge is 0.0307 e. The van der Waals surface area contributed by atoms with Crippen LogP contribution in [0.1, 0.15) is 47.0 Å². The molecule has 0 aromatic heterocycles. The number of hydrogen-bond donors (Lipinski definition) is 1. The summed E-state index contributed by atoms with van der Waals surface area (Å²) in [6, 6.07) is 0. The van der Waals surface area contributed by atoms with E-state index in [-0.39, 0.29) is 11.1 Å². The minimum Gasteiger partial charge on any atom is -0.308 e. The molecule has 3 heteroatoms. The van der Waals surface area contributed by atoms with Gasteiger partial charge in [0.2, 0.25) is 0 Å². The highest BCUT2D eigenvalue weighted by molar-refractivity contribution is 6.25. The highest BCUT2D eigenvalue weighted by Gasteiger charge is 2.41. The molecule has 1 aliphatic heterocycles. The van der Waals surface area contributed by atoms with Crippen molar-refractivity contribution in [2.45, 2.75) is 58.0 Å². The standard InChI is InChI=1S/C14H27ClN2/c1-5-13(4)11-16-14(6-2,7-3)12-17(13)10-8-9-15/h8-9,16H,5-7,10-12H2,1-4H3/b9-8+. The quantitative estimate of drug-likeness (QED) is 0.814. The third-order valence-electron chi connectivity index (χ3n) is 4.63. The van der Waals surface area contributed by atoms with E-state index in [1.54, 1.807) is 5.54 Å². The maximum Gasteiger partial charge on any atom is 0.0307 e. The molecule has 0 amide bonds. The lowest BCUT2D eigenvalue weighted by molar-refractivity contribution is 0.0184. The summed E-state index contributed by atoms with van der Waals surface area (Å²) >= 11 is 5.67. The van der Waals surface area contributed by atoms with Crippen LogP contribution in [0.5, 0.6) is 0 Å². The number of halogens is 1. The monoisotopic (exact) mass is 258 g/mol. The van der Waals surface area contributed by atoms with Crippen LogP contribution in [-0.2, 0) is 0 Å². The second-order valence-electron chi connectivity index (χ2n) is 5.43. The molecule has 0 aromatic carbocycles. The maximum absolute atomic E-state index is 5.67. The molecule has 100 valence electrons. The van der Waals surface area contributed by atoms with Crippen LogP contribution in [0.25, 0.3) is 0 Å². The van der Waals surface area contributed by atoms with E-state index in [1.807, 2.05) is 0 Å². The molecule has 1 rings (SSSR count). The SMILES string of the molecule is CCC1(CC)CN(C/C=C/Cl)C(C)(CC)CN1. The van der Waals surface area contributed by atoms with Crippen LogP contribution in [0.2, 0.25) is 0 Å². The van der Waals surface area contributed by atoms with Gasteiger partial charge < -0.3 is 5.32 Å². The summed E-state index contributed by atoms with van der Waals surface area (Å²) in [5, 5.41) is 3.78. The van der Waals surface area contributed by atoms with Crippen molar-refractivity contribution in [3.05, 3.63) is 11.6 Å². The number of rotatable bonds is 5. The van der Waals surface area contributed by atoms with Crippen LogP contribution in [-0.4, -0.2) is 35.6 Å². The molecule has 1 heterocycles. The first-order valence-corrected chi connectivity index (χ1v) is 7.24. The molecule has 0 radical (unpaired) electrons. The minimum atomic E-state index is 0.254. The van der Waals surface area contributed by atoms with Gasteiger partial charge in [-0.2, -0.15) is 0 Å². The normalized spacial score (nSPS) is 29.9. The molecular weight excluding hydrogens is 232 g/mol. The van der Waals surface area contributed by atoms with E-state index in [9.17, 15) is 0 Å². The zero-order valence-corrected chi connectivity index (χ0v) is 12.5. The van der Waals surface area contributed by atoms with E-state index in [0.29, 0.717) is 0 Å². The van der Waals surface area contributed by atoms with Gasteiger partial charge in [0.25, 0.3) is 0 Å². The Morgan fingerprint density at radius 3 is 2.35 bits per heavy atom. The molecule has 17 heavy (non-hydrogen) atoms. The molecule has 0 aliphatic carbocycles. The molecule has 1 unspecified atom stereocenters. The van der Waals surface area contributed by atoms with Crippen molar-refractivity contribution < 1.29 is 0 Å². The van der Waals surface area contributed by atoms with Crippen LogP contribution in [0.3, 0.4) is 0 Å². The Hall–Kier alpha value is -0.0500. The Labute approximate surface area is 111 Å². The molecule has 1 saturated heterocycles. The van der Waals surface area contributed by atoms with Crippen molar-refractivity contribution in [1.29, 1.82) is 0 Å². The predicted molar refractivity (Wildman–Crippen MR) is 76.6 cm³/mol. The van der Waals surface area contributed by atoms with Gasteiger partial charge in [0.1, 0.15) is 0 Å². The summed E-state index contributed by atoms with van der Waals surface area (Å²) in [5.41, 5.74) is 2.18. The van der Waals surface area contributed by atoms with Crippen molar-refractivity contribution in [1.82, 2.24) is 10.2 Å². The van der Waals surface area contributed by atoms with Crippen molar-refractivity contribution >= 4 is 11.6 Å². The van der Waals surface area contributed by atoms with Crippen LogP contribution < -0.4 is 5.32 Å². The Balaban J connectivity index is 2.83. The Bertz CT molecular complexity index is 261. The second-order valence-corrected chi connectivity index (χ2v) is 5.69. The van der Waals surface area contributed by atoms with Gasteiger partial charge in [-0.05, 0) is 26.2 Å². The van der Waals surface area contributed by atoms with E-state index >= 15 is 0 Å². The van der Waals surface area contributed by atoms with E-state index in [2.05, 4.69) is 44.0 Å². The second kappa shape index (κ2) is 6.21. The molecule has 2 nitrogen and oxygen atoms in total. The topological polar surface area (TPSA) is 15.3 Å². The maximum atomic E-state index is 5.67. The molecular formula is C14H27ClN2. The summed E-state index contributed by atoms with van der Waals surface area (Å²) in [5.74, 6) is 0. The van der Waals surface area contributed by atoms with Crippen LogP contribution in [0.4, 0.5) is 0 Å². The van der Waals surface area contributed by atoms with Crippen molar-refractivity contribution in [2.24, 2.45) is 0 Å². The first-order chi connectivity index (χ1) is 8.05. The van der Waals surface area contributed by atoms with Gasteiger partial charge in [-0.25, -0.2) is 0 Å². The van der Waals surface area contributed by atoms with E-state index in [0.717, 1.165) is 19.6 Å². The van der Waals surface area contributed by atoms with E-state index < -0.39 is 0 Å². The average molecular weight is 259 g/mol. The number of hydrogen-bond acceptors (Lipinski definition) is 2. The first kappa shape index (κ1) is 15.0. The molecule has 1 N–H and O–H groups in total. The van der Waals surface area contributed by atoms with Gasteiger partial charge in [-0.15, -0.1) is 0 Å². The predicted octanol–water partition coefficient (Wildman–Crippen LogP) is 3.37. The molecule has 1 aliphatic rings. The summed E-state index contributed by atoms with van der Waals surface area (Å²) in [4.78, 5) is 2.58. The summed E-state index contributed by atoms with van der Waals surface area (Å²) < 4.78 is 0. The van der Waals surface area contributed by atoms with Crippen molar-refractivity contribution in [2.75, 3.05) is 19.6 Å². The Morgan fingerprint density at radius 1 is 1.24 bits per heavy atom. The molecule has 0 aromatic rings. The molecule has 1 atom stereocenters. The summed E-state index contributed by atoms with van der Waals surface area (Å²) in [6.45, 7) is 12.3. The van der Waals surface area contributed by atoms with E-state index in [4.69, 9.17) is 11.6 Å². The molecule has 0 bridgehead atoms. The molecule has 0 spiro atoms. The fraction of sp³-hybridized carbons (Fsp3) is 0.857. The lowest BCUT2D eigenvalue weighted by atomic mass is 9.83. The highest BCUT2D eigenvalue weighted by atomic mass is 35.5. The lowest BCUT2D eigenvalue weighted by Gasteiger charge is -2.53. The number of nitrogens with zero attached hydrogens (tertiary/aromatic N) is 1. The van der Waals surface area contributed by atoms with Gasteiger partial charge in [-0.1, -0.05) is 38.4 Å². The fourth-order valence-electron chi connectivity index (χ4n) is 2.63. The molecule has 1 fully saturated rings. The average Bonchev–Trinajstić information content (AvgIpc) is 2.38. The summed E-state index contributed by atoms with van der Waals surface area (Å²) in [7, 11) is 0. The first-order valence-electron chi connectivity index (χ1n) is 6.81. The third kappa shape index (κ3) is 3.24. The minimum absolute atomic E-state index is 0.254. The lowest BCUT2D eigenvalue weighted by Crippen LogP contribution is -2.68. The zero-order chi connectivity index (χ0) is 12.9. The van der Waals surface area contributed by atoms with Crippen LogP contribution >= 0.6 is 11.6 Å². The van der Waals surface area contributed by atoms with Gasteiger partial charge >= 0.3 is 0 Å². The third-order valence-corrected chi connectivity index (χ3v) is 4.81. The Morgan fingerprint density at radius 2 is 1.88 bits per heavy atom. The van der Waals surface area contributed by atoms with Crippen molar-refractivity contribution in [3.8, 4) is 0 Å². The van der Waals surface area contributed by atoms with Gasteiger partial charge in [0, 0.05) is 36.2 Å². The zero-order valence-electron chi connectivity index (χ0n) is 11.7. The summed E-state index contributed by atoms with van der Waals surface area (Å²) in [6.07, 6.45) is 5.59. The van der Waals surface area contributed by atoms with Crippen LogP contribution in [0.15, 0.2) is 11.6 Å². The molecule has 0 saturated carbocycles.